The number of aliphatic hydroxyl groups is 1. The Morgan fingerprint density at radius 3 is 2.73 bits per heavy atom. The molecular formula is C9H19NO. The predicted molar refractivity (Wildman–Crippen MR) is 46.6 cm³/mol. The molecule has 0 unspecified atom stereocenters. The summed E-state index contributed by atoms with van der Waals surface area (Å²) >= 11 is 0. The summed E-state index contributed by atoms with van der Waals surface area (Å²) < 4.78 is 0. The number of aliphatic hydroxyl groups excluding tert-OH is 1. The van der Waals surface area contributed by atoms with Gasteiger partial charge in [-0.25, -0.2) is 0 Å². The van der Waals surface area contributed by atoms with Crippen LogP contribution in [0.5, 0.6) is 0 Å². The Hall–Kier alpha value is -0.0800. The molecule has 0 saturated carbocycles. The molecule has 11 heavy (non-hydrogen) atoms. The van der Waals surface area contributed by atoms with Crippen LogP contribution in [-0.4, -0.2) is 23.8 Å². The molecule has 1 saturated heterocycles. The molecule has 2 atom stereocenters. The van der Waals surface area contributed by atoms with Gasteiger partial charge in [-0.1, -0.05) is 19.8 Å². The van der Waals surface area contributed by atoms with Crippen LogP contribution in [0.15, 0.2) is 0 Å². The van der Waals surface area contributed by atoms with Gasteiger partial charge in [-0.3, -0.25) is 0 Å². The van der Waals surface area contributed by atoms with Gasteiger partial charge in [-0.2, -0.15) is 0 Å². The molecule has 1 aliphatic rings. The first-order valence-electron chi connectivity index (χ1n) is 4.73. The zero-order valence-corrected chi connectivity index (χ0v) is 7.34. The summed E-state index contributed by atoms with van der Waals surface area (Å²) in [6.45, 7) is 2.52. The van der Waals surface area contributed by atoms with E-state index >= 15 is 0 Å². The van der Waals surface area contributed by atoms with Gasteiger partial charge in [0.15, 0.2) is 0 Å². The molecule has 2 N–H and O–H groups in total. The molecular weight excluding hydrogens is 138 g/mol. The van der Waals surface area contributed by atoms with Gasteiger partial charge >= 0.3 is 0 Å². The van der Waals surface area contributed by atoms with Crippen LogP contribution < -0.4 is 5.32 Å². The Bertz CT molecular complexity index is 104. The molecule has 2 nitrogen and oxygen atoms in total. The minimum atomic E-state index is 0.306. The SMILES string of the molecule is CCC[C@H]1CCC[C@H](CO)N1. The molecule has 0 aromatic heterocycles. The highest BCUT2D eigenvalue weighted by molar-refractivity contribution is 4.79. The van der Waals surface area contributed by atoms with Crippen LogP contribution in [0.25, 0.3) is 0 Å². The van der Waals surface area contributed by atoms with Gasteiger partial charge in [-0.05, 0) is 19.3 Å². The van der Waals surface area contributed by atoms with Gasteiger partial charge in [0.2, 0.25) is 0 Å². The van der Waals surface area contributed by atoms with Crippen molar-refractivity contribution in [3.63, 3.8) is 0 Å². The van der Waals surface area contributed by atoms with Crippen LogP contribution in [0.3, 0.4) is 0 Å². The average Bonchev–Trinajstić information content (AvgIpc) is 2.06. The van der Waals surface area contributed by atoms with Crippen LogP contribution in [0.4, 0.5) is 0 Å². The Balaban J connectivity index is 2.21. The number of hydrogen-bond acceptors (Lipinski definition) is 2. The maximum atomic E-state index is 8.91. The van der Waals surface area contributed by atoms with E-state index in [1.165, 1.54) is 25.7 Å². The molecule has 0 aliphatic carbocycles. The van der Waals surface area contributed by atoms with E-state index in [1.54, 1.807) is 0 Å². The molecule has 0 bridgehead atoms. The number of hydrogen-bond donors (Lipinski definition) is 2. The molecule has 0 amide bonds. The summed E-state index contributed by atoms with van der Waals surface area (Å²) in [5.74, 6) is 0. The Labute approximate surface area is 69.0 Å². The molecule has 0 radical (unpaired) electrons. The van der Waals surface area contributed by atoms with E-state index in [9.17, 15) is 0 Å². The summed E-state index contributed by atoms with van der Waals surface area (Å²) in [6.07, 6.45) is 6.23. The fraction of sp³-hybridized carbons (Fsp3) is 1.00. The smallest absolute Gasteiger partial charge is 0.0584 e. The fourth-order valence-electron chi connectivity index (χ4n) is 1.83. The summed E-state index contributed by atoms with van der Waals surface area (Å²) in [5, 5.41) is 12.4. The van der Waals surface area contributed by atoms with Crippen molar-refractivity contribution in [2.75, 3.05) is 6.61 Å². The monoisotopic (exact) mass is 157 g/mol. The zero-order chi connectivity index (χ0) is 8.10. The van der Waals surface area contributed by atoms with Crippen LogP contribution in [0.1, 0.15) is 39.0 Å². The lowest BCUT2D eigenvalue weighted by molar-refractivity contribution is 0.194. The summed E-state index contributed by atoms with van der Waals surface area (Å²) in [5.41, 5.74) is 0. The molecule has 0 aromatic carbocycles. The van der Waals surface area contributed by atoms with Gasteiger partial charge in [0, 0.05) is 12.1 Å². The van der Waals surface area contributed by atoms with Crippen LogP contribution in [0.2, 0.25) is 0 Å². The highest BCUT2D eigenvalue weighted by atomic mass is 16.3. The Morgan fingerprint density at radius 1 is 1.36 bits per heavy atom. The second-order valence-electron chi connectivity index (χ2n) is 3.46. The average molecular weight is 157 g/mol. The molecule has 66 valence electrons. The summed E-state index contributed by atoms with van der Waals surface area (Å²) in [6, 6.07) is 1.05. The van der Waals surface area contributed by atoms with Crippen molar-refractivity contribution in [3.05, 3.63) is 0 Å². The maximum Gasteiger partial charge on any atom is 0.0584 e. The van der Waals surface area contributed by atoms with Crippen molar-refractivity contribution < 1.29 is 5.11 Å². The van der Waals surface area contributed by atoms with E-state index in [-0.39, 0.29) is 0 Å². The third-order valence-electron chi connectivity index (χ3n) is 2.43. The first kappa shape index (κ1) is 9.01. The Morgan fingerprint density at radius 2 is 2.09 bits per heavy atom. The second-order valence-corrected chi connectivity index (χ2v) is 3.46. The van der Waals surface area contributed by atoms with Crippen molar-refractivity contribution in [2.24, 2.45) is 0 Å². The molecule has 1 rings (SSSR count). The molecule has 1 heterocycles. The van der Waals surface area contributed by atoms with E-state index in [0.29, 0.717) is 18.7 Å². The predicted octanol–water partition coefficient (Wildman–Crippen LogP) is 1.29. The second kappa shape index (κ2) is 4.73. The molecule has 1 aliphatic heterocycles. The third-order valence-corrected chi connectivity index (χ3v) is 2.43. The first-order chi connectivity index (χ1) is 5.36. The largest absolute Gasteiger partial charge is 0.395 e. The van der Waals surface area contributed by atoms with E-state index < -0.39 is 0 Å². The van der Waals surface area contributed by atoms with Crippen LogP contribution in [0, 0.1) is 0 Å². The van der Waals surface area contributed by atoms with E-state index in [4.69, 9.17) is 5.11 Å². The lowest BCUT2D eigenvalue weighted by atomic mass is 9.96. The standard InChI is InChI=1S/C9H19NO/c1-2-4-8-5-3-6-9(7-11)10-8/h8-11H,2-7H2,1H3/t8-,9+/m0/s1. The zero-order valence-electron chi connectivity index (χ0n) is 7.34. The minimum Gasteiger partial charge on any atom is -0.395 e. The topological polar surface area (TPSA) is 32.3 Å². The highest BCUT2D eigenvalue weighted by Gasteiger charge is 2.18. The van der Waals surface area contributed by atoms with Gasteiger partial charge < -0.3 is 10.4 Å². The van der Waals surface area contributed by atoms with Crippen molar-refractivity contribution in [2.45, 2.75) is 51.1 Å². The number of rotatable bonds is 3. The van der Waals surface area contributed by atoms with Gasteiger partial charge in [0.25, 0.3) is 0 Å². The van der Waals surface area contributed by atoms with Crippen LogP contribution in [-0.2, 0) is 0 Å². The lowest BCUT2D eigenvalue weighted by Gasteiger charge is -2.29. The maximum absolute atomic E-state index is 8.91. The highest BCUT2D eigenvalue weighted by Crippen LogP contribution is 2.15. The number of nitrogens with one attached hydrogen (secondary N) is 1. The molecule has 2 heteroatoms. The van der Waals surface area contributed by atoms with Gasteiger partial charge in [0.05, 0.1) is 6.61 Å². The summed E-state index contributed by atoms with van der Waals surface area (Å²) in [7, 11) is 0. The third kappa shape index (κ3) is 2.80. The van der Waals surface area contributed by atoms with Crippen LogP contribution >= 0.6 is 0 Å². The number of piperidine rings is 1. The van der Waals surface area contributed by atoms with Gasteiger partial charge in [0.1, 0.15) is 0 Å². The fourth-order valence-corrected chi connectivity index (χ4v) is 1.83. The van der Waals surface area contributed by atoms with E-state index in [1.807, 2.05) is 0 Å². The van der Waals surface area contributed by atoms with Gasteiger partial charge in [-0.15, -0.1) is 0 Å². The molecule has 0 spiro atoms. The normalized spacial score (nSPS) is 32.2. The first-order valence-corrected chi connectivity index (χ1v) is 4.73. The summed E-state index contributed by atoms with van der Waals surface area (Å²) in [4.78, 5) is 0. The van der Waals surface area contributed by atoms with Crippen molar-refractivity contribution in [3.8, 4) is 0 Å². The lowest BCUT2D eigenvalue weighted by Crippen LogP contribution is -2.44. The Kier molecular flexibility index (Phi) is 3.87. The van der Waals surface area contributed by atoms with Crippen molar-refractivity contribution in [1.29, 1.82) is 0 Å². The van der Waals surface area contributed by atoms with E-state index in [2.05, 4.69) is 12.2 Å². The van der Waals surface area contributed by atoms with Crippen molar-refractivity contribution >= 4 is 0 Å². The van der Waals surface area contributed by atoms with E-state index in [0.717, 1.165) is 6.42 Å². The minimum absolute atomic E-state index is 0.306. The molecule has 0 aromatic rings. The molecule has 1 fully saturated rings. The van der Waals surface area contributed by atoms with Crippen molar-refractivity contribution in [1.82, 2.24) is 5.32 Å². The quantitative estimate of drug-likeness (QED) is 0.647.